The van der Waals surface area contributed by atoms with Crippen molar-refractivity contribution in [2.24, 2.45) is 0 Å². The minimum Gasteiger partial charge on any atom is -0.456 e. The van der Waals surface area contributed by atoms with Crippen molar-refractivity contribution >= 4 is 29.3 Å². The smallest absolute Gasteiger partial charge is 0.328 e. The Balaban J connectivity index is 1.88. The number of carbonyl (C=O) groups excluding carboxylic acids is 3. The molecule has 0 aliphatic rings. The highest BCUT2D eigenvalue weighted by molar-refractivity contribution is 6.33. The largest absolute Gasteiger partial charge is 0.456 e. The molecule has 2 aromatic rings. The van der Waals surface area contributed by atoms with Crippen LogP contribution in [0.25, 0.3) is 0 Å². The summed E-state index contributed by atoms with van der Waals surface area (Å²) in [5.41, 5.74) is 0.452. The van der Waals surface area contributed by atoms with E-state index in [9.17, 15) is 18.8 Å². The van der Waals surface area contributed by atoms with Crippen LogP contribution in [0.2, 0.25) is 5.02 Å². The maximum Gasteiger partial charge on any atom is 0.328 e. The van der Waals surface area contributed by atoms with Gasteiger partial charge in [-0.1, -0.05) is 23.7 Å². The highest BCUT2D eigenvalue weighted by atomic mass is 35.5. The molecule has 7 heteroatoms. The van der Waals surface area contributed by atoms with Gasteiger partial charge in [-0.05, 0) is 43.3 Å². The number of rotatable bonds is 6. The number of amides is 1. The first-order valence-corrected chi connectivity index (χ1v) is 7.77. The standard InChI is InChI=1S/C18H15ClFNO4/c1-11(21-17(23)14-4-2-3-5-15(14)19)18(24)25-10-16(22)12-6-8-13(20)9-7-12/h2-9,11H,10H2,1H3,(H,21,23)/t11-/m0/s1. The Morgan fingerprint density at radius 3 is 2.40 bits per heavy atom. The summed E-state index contributed by atoms with van der Waals surface area (Å²) in [7, 11) is 0. The number of Topliss-reactive ketones (excluding diaryl/α,β-unsaturated/α-hetero) is 1. The molecule has 5 nitrogen and oxygen atoms in total. The summed E-state index contributed by atoms with van der Waals surface area (Å²) in [6.45, 7) is 0.927. The summed E-state index contributed by atoms with van der Waals surface area (Å²) < 4.78 is 17.7. The Labute approximate surface area is 148 Å². The molecule has 25 heavy (non-hydrogen) atoms. The third kappa shape index (κ3) is 5.12. The fourth-order valence-electron chi connectivity index (χ4n) is 1.96. The molecule has 0 saturated carbocycles. The van der Waals surface area contributed by atoms with Crippen LogP contribution in [0, 0.1) is 5.82 Å². The number of nitrogens with one attached hydrogen (secondary N) is 1. The van der Waals surface area contributed by atoms with Crippen LogP contribution in [0.3, 0.4) is 0 Å². The van der Waals surface area contributed by atoms with Gasteiger partial charge in [0.05, 0.1) is 10.6 Å². The Hall–Kier alpha value is -2.73. The number of hydrogen-bond acceptors (Lipinski definition) is 4. The quantitative estimate of drug-likeness (QED) is 0.632. The van der Waals surface area contributed by atoms with Crippen LogP contribution in [-0.4, -0.2) is 30.3 Å². The van der Waals surface area contributed by atoms with Gasteiger partial charge in [0, 0.05) is 5.56 Å². The molecule has 0 heterocycles. The van der Waals surface area contributed by atoms with Crippen LogP contribution in [0.5, 0.6) is 0 Å². The van der Waals surface area contributed by atoms with Crippen LogP contribution < -0.4 is 5.32 Å². The monoisotopic (exact) mass is 363 g/mol. The van der Waals surface area contributed by atoms with E-state index in [2.05, 4.69) is 5.32 Å². The van der Waals surface area contributed by atoms with E-state index in [1.807, 2.05) is 0 Å². The lowest BCUT2D eigenvalue weighted by molar-refractivity contribution is -0.144. The first-order valence-electron chi connectivity index (χ1n) is 7.39. The fraction of sp³-hybridized carbons (Fsp3) is 0.167. The van der Waals surface area contributed by atoms with Crippen molar-refractivity contribution < 1.29 is 23.5 Å². The molecule has 2 rings (SSSR count). The average molecular weight is 364 g/mol. The lowest BCUT2D eigenvalue weighted by Gasteiger charge is -2.13. The highest BCUT2D eigenvalue weighted by Gasteiger charge is 2.20. The Kier molecular flexibility index (Phi) is 6.25. The Morgan fingerprint density at radius 2 is 1.76 bits per heavy atom. The van der Waals surface area contributed by atoms with E-state index in [4.69, 9.17) is 16.3 Å². The number of ketones is 1. The zero-order valence-corrected chi connectivity index (χ0v) is 14.0. The number of benzene rings is 2. The van der Waals surface area contributed by atoms with Crippen molar-refractivity contribution in [3.63, 3.8) is 0 Å². The van der Waals surface area contributed by atoms with Crippen molar-refractivity contribution in [1.29, 1.82) is 0 Å². The van der Waals surface area contributed by atoms with Gasteiger partial charge in [0.2, 0.25) is 0 Å². The summed E-state index contributed by atoms with van der Waals surface area (Å²) in [5, 5.41) is 2.71. The molecule has 130 valence electrons. The van der Waals surface area contributed by atoms with E-state index in [0.29, 0.717) is 0 Å². The van der Waals surface area contributed by atoms with Crippen molar-refractivity contribution in [3.05, 3.63) is 70.5 Å². The fourth-order valence-corrected chi connectivity index (χ4v) is 2.18. The van der Waals surface area contributed by atoms with Gasteiger partial charge in [-0.2, -0.15) is 0 Å². The average Bonchev–Trinajstić information content (AvgIpc) is 2.60. The first-order chi connectivity index (χ1) is 11.9. The van der Waals surface area contributed by atoms with E-state index in [1.165, 1.54) is 25.1 Å². The minimum absolute atomic E-state index is 0.224. The first kappa shape index (κ1) is 18.6. The van der Waals surface area contributed by atoms with E-state index in [0.717, 1.165) is 12.1 Å². The SMILES string of the molecule is C[C@H](NC(=O)c1ccccc1Cl)C(=O)OCC(=O)c1ccc(F)cc1. The summed E-state index contributed by atoms with van der Waals surface area (Å²) in [6, 6.07) is 10.3. The molecular formula is C18H15ClFNO4. The zero-order chi connectivity index (χ0) is 18.4. The molecule has 0 unspecified atom stereocenters. The van der Waals surface area contributed by atoms with E-state index < -0.39 is 36.1 Å². The molecule has 0 aliphatic carbocycles. The zero-order valence-electron chi connectivity index (χ0n) is 13.3. The highest BCUT2D eigenvalue weighted by Crippen LogP contribution is 2.14. The van der Waals surface area contributed by atoms with Crippen LogP contribution in [0.1, 0.15) is 27.6 Å². The molecule has 1 atom stereocenters. The van der Waals surface area contributed by atoms with Crippen molar-refractivity contribution in [2.45, 2.75) is 13.0 Å². The maximum atomic E-state index is 12.8. The van der Waals surface area contributed by atoms with Gasteiger partial charge < -0.3 is 10.1 Å². The van der Waals surface area contributed by atoms with Crippen LogP contribution in [0.4, 0.5) is 4.39 Å². The van der Waals surface area contributed by atoms with Gasteiger partial charge in [-0.3, -0.25) is 9.59 Å². The lowest BCUT2D eigenvalue weighted by Crippen LogP contribution is -2.40. The summed E-state index contributed by atoms with van der Waals surface area (Å²) in [4.78, 5) is 35.8. The molecule has 0 aromatic heterocycles. The maximum absolute atomic E-state index is 12.8. The van der Waals surface area contributed by atoms with E-state index in [1.54, 1.807) is 18.2 Å². The molecular weight excluding hydrogens is 349 g/mol. The molecule has 0 saturated heterocycles. The number of hydrogen-bond donors (Lipinski definition) is 1. The number of halogens is 2. The van der Waals surface area contributed by atoms with Gasteiger partial charge in [-0.15, -0.1) is 0 Å². The van der Waals surface area contributed by atoms with Crippen molar-refractivity contribution in [2.75, 3.05) is 6.61 Å². The summed E-state index contributed by atoms with van der Waals surface area (Å²) in [6.07, 6.45) is 0. The van der Waals surface area contributed by atoms with Crippen LogP contribution in [0.15, 0.2) is 48.5 Å². The molecule has 1 N–H and O–H groups in total. The van der Waals surface area contributed by atoms with Crippen molar-refractivity contribution in [1.82, 2.24) is 5.32 Å². The topological polar surface area (TPSA) is 72.5 Å². The number of carbonyl (C=O) groups is 3. The molecule has 0 fully saturated rings. The second-order valence-corrected chi connectivity index (χ2v) is 5.62. The molecule has 0 spiro atoms. The molecule has 1 amide bonds. The second kappa shape index (κ2) is 8.39. The predicted molar refractivity (Wildman–Crippen MR) is 90.1 cm³/mol. The second-order valence-electron chi connectivity index (χ2n) is 5.21. The van der Waals surface area contributed by atoms with Gasteiger partial charge in [0.15, 0.2) is 12.4 Å². The van der Waals surface area contributed by atoms with Crippen LogP contribution >= 0.6 is 11.6 Å². The Bertz CT molecular complexity index is 792. The number of ether oxygens (including phenoxy) is 1. The van der Waals surface area contributed by atoms with Crippen molar-refractivity contribution in [3.8, 4) is 0 Å². The van der Waals surface area contributed by atoms with Gasteiger partial charge in [0.25, 0.3) is 5.91 Å². The predicted octanol–water partition coefficient (Wildman–Crippen LogP) is 3.02. The molecule has 2 aromatic carbocycles. The van der Waals surface area contributed by atoms with E-state index >= 15 is 0 Å². The van der Waals surface area contributed by atoms with Gasteiger partial charge in [-0.25, -0.2) is 9.18 Å². The van der Waals surface area contributed by atoms with Gasteiger partial charge >= 0.3 is 5.97 Å². The van der Waals surface area contributed by atoms with Gasteiger partial charge in [0.1, 0.15) is 11.9 Å². The minimum atomic E-state index is -0.968. The Morgan fingerprint density at radius 1 is 1.12 bits per heavy atom. The lowest BCUT2D eigenvalue weighted by atomic mass is 10.1. The third-order valence-corrected chi connectivity index (χ3v) is 3.66. The number of esters is 1. The summed E-state index contributed by atoms with van der Waals surface area (Å²) in [5.74, 6) is -2.24. The third-order valence-electron chi connectivity index (χ3n) is 3.33. The van der Waals surface area contributed by atoms with Crippen LogP contribution in [-0.2, 0) is 9.53 Å². The summed E-state index contributed by atoms with van der Waals surface area (Å²) >= 11 is 5.92. The van der Waals surface area contributed by atoms with E-state index in [-0.39, 0.29) is 16.1 Å². The molecule has 0 aliphatic heterocycles. The normalized spacial score (nSPS) is 11.5. The molecule has 0 radical (unpaired) electrons. The molecule has 0 bridgehead atoms.